The van der Waals surface area contributed by atoms with Crippen molar-refractivity contribution in [3.8, 4) is 5.82 Å². The quantitative estimate of drug-likeness (QED) is 0.615. The Morgan fingerprint density at radius 3 is 2.64 bits per heavy atom. The van der Waals surface area contributed by atoms with Crippen molar-refractivity contribution in [2.75, 3.05) is 18.4 Å². The van der Waals surface area contributed by atoms with E-state index in [1.807, 2.05) is 19.2 Å². The Bertz CT molecular complexity index is 980. The van der Waals surface area contributed by atoms with Crippen molar-refractivity contribution in [3.63, 3.8) is 0 Å². The van der Waals surface area contributed by atoms with Gasteiger partial charge in [-0.05, 0) is 43.5 Å². The first-order valence-corrected chi connectivity index (χ1v) is 9.20. The Morgan fingerprint density at radius 1 is 1.18 bits per heavy atom. The number of aromatic nitrogens is 4. The van der Waals surface area contributed by atoms with E-state index >= 15 is 0 Å². The van der Waals surface area contributed by atoms with Crippen molar-refractivity contribution < 1.29 is 9.18 Å². The molecule has 8 heteroatoms. The molecule has 1 fully saturated rings. The summed E-state index contributed by atoms with van der Waals surface area (Å²) < 4.78 is 14.8. The minimum atomic E-state index is -0.506. The van der Waals surface area contributed by atoms with Crippen LogP contribution < -0.4 is 10.6 Å². The summed E-state index contributed by atoms with van der Waals surface area (Å²) in [6.45, 7) is 2.90. The zero-order valence-electron chi connectivity index (χ0n) is 15.5. The molecule has 1 aliphatic rings. The number of nitrogens with zero attached hydrogens (tertiary/aromatic N) is 4. The molecule has 144 valence electrons. The first-order valence-electron chi connectivity index (χ1n) is 9.20. The van der Waals surface area contributed by atoms with E-state index in [0.29, 0.717) is 24.7 Å². The van der Waals surface area contributed by atoms with Crippen molar-refractivity contribution in [2.45, 2.75) is 25.2 Å². The van der Waals surface area contributed by atoms with Crippen LogP contribution in [0.4, 0.5) is 10.2 Å². The zero-order chi connectivity index (χ0) is 19.6. The van der Waals surface area contributed by atoms with Crippen LogP contribution in [-0.2, 0) is 10.2 Å². The van der Waals surface area contributed by atoms with Crippen LogP contribution in [0, 0.1) is 12.7 Å². The number of rotatable bonds is 7. The van der Waals surface area contributed by atoms with Gasteiger partial charge in [0.1, 0.15) is 18.0 Å². The van der Waals surface area contributed by atoms with Crippen LogP contribution in [0.3, 0.4) is 0 Å². The molecule has 0 spiro atoms. The largest absolute Gasteiger partial charge is 0.368 e. The van der Waals surface area contributed by atoms with Gasteiger partial charge in [0.15, 0.2) is 5.82 Å². The molecule has 0 bridgehead atoms. The second-order valence-electron chi connectivity index (χ2n) is 6.93. The Balaban J connectivity index is 1.30. The predicted molar refractivity (Wildman–Crippen MR) is 103 cm³/mol. The number of halogens is 1. The van der Waals surface area contributed by atoms with Crippen molar-refractivity contribution in [1.29, 1.82) is 0 Å². The highest BCUT2D eigenvalue weighted by molar-refractivity contribution is 5.91. The standard InChI is InChI=1S/C20H21FN6O/c1-14-6-11-27(26-14)18-12-17(24-13-25-18)22-9-10-23-19(28)20(7-8-20)15-2-4-16(21)5-3-15/h2-6,11-13H,7-10H2,1H3,(H,23,28)(H,22,24,25). The van der Waals surface area contributed by atoms with Gasteiger partial charge in [-0.25, -0.2) is 19.0 Å². The van der Waals surface area contributed by atoms with Crippen LogP contribution >= 0.6 is 0 Å². The number of anilines is 1. The van der Waals surface area contributed by atoms with E-state index in [1.165, 1.54) is 18.5 Å². The zero-order valence-corrected chi connectivity index (χ0v) is 15.5. The molecule has 0 aliphatic heterocycles. The molecule has 2 heterocycles. The van der Waals surface area contributed by atoms with E-state index in [1.54, 1.807) is 22.9 Å². The predicted octanol–water partition coefficient (Wildman–Crippen LogP) is 2.37. The number of aryl methyl sites for hydroxylation is 1. The first-order chi connectivity index (χ1) is 13.6. The Hall–Kier alpha value is -3.29. The monoisotopic (exact) mass is 380 g/mol. The topological polar surface area (TPSA) is 84.7 Å². The van der Waals surface area contributed by atoms with E-state index in [4.69, 9.17) is 0 Å². The summed E-state index contributed by atoms with van der Waals surface area (Å²) in [5.74, 6) is 1.02. The molecule has 1 aliphatic carbocycles. The molecule has 3 aromatic rings. The molecule has 1 saturated carbocycles. The molecule has 2 aromatic heterocycles. The van der Waals surface area contributed by atoms with Crippen LogP contribution in [0.25, 0.3) is 5.82 Å². The van der Waals surface area contributed by atoms with Crippen LogP contribution in [0.1, 0.15) is 24.1 Å². The summed E-state index contributed by atoms with van der Waals surface area (Å²) in [6.07, 6.45) is 4.89. The van der Waals surface area contributed by atoms with Crippen LogP contribution in [0.15, 0.2) is 48.9 Å². The molecule has 0 unspecified atom stereocenters. The fourth-order valence-corrected chi connectivity index (χ4v) is 3.19. The van der Waals surface area contributed by atoms with E-state index in [9.17, 15) is 9.18 Å². The van der Waals surface area contributed by atoms with E-state index in [2.05, 4.69) is 25.7 Å². The average molecular weight is 380 g/mol. The second-order valence-corrected chi connectivity index (χ2v) is 6.93. The number of carbonyl (C=O) groups excluding carboxylic acids is 1. The minimum absolute atomic E-state index is 0.0173. The minimum Gasteiger partial charge on any atom is -0.368 e. The maximum absolute atomic E-state index is 13.1. The fraction of sp³-hybridized carbons (Fsp3) is 0.300. The molecule has 1 amide bonds. The maximum atomic E-state index is 13.1. The molecule has 4 rings (SSSR count). The summed E-state index contributed by atoms with van der Waals surface area (Å²) >= 11 is 0. The molecule has 1 aromatic carbocycles. The van der Waals surface area contributed by atoms with E-state index in [-0.39, 0.29) is 11.7 Å². The maximum Gasteiger partial charge on any atom is 0.230 e. The fourth-order valence-electron chi connectivity index (χ4n) is 3.19. The van der Waals surface area contributed by atoms with Gasteiger partial charge >= 0.3 is 0 Å². The smallest absolute Gasteiger partial charge is 0.230 e. The lowest BCUT2D eigenvalue weighted by atomic mass is 9.95. The number of hydrogen-bond donors (Lipinski definition) is 2. The third kappa shape index (κ3) is 3.71. The van der Waals surface area contributed by atoms with Gasteiger partial charge in [0, 0.05) is 25.4 Å². The Morgan fingerprint density at radius 2 is 1.96 bits per heavy atom. The van der Waals surface area contributed by atoms with Gasteiger partial charge in [-0.2, -0.15) is 5.10 Å². The highest BCUT2D eigenvalue weighted by Gasteiger charge is 2.50. The molecule has 0 radical (unpaired) electrons. The summed E-state index contributed by atoms with van der Waals surface area (Å²) in [5.41, 5.74) is 1.27. The lowest BCUT2D eigenvalue weighted by molar-refractivity contribution is -0.123. The molecule has 28 heavy (non-hydrogen) atoms. The molecule has 0 saturated heterocycles. The highest BCUT2D eigenvalue weighted by Crippen LogP contribution is 2.48. The number of hydrogen-bond acceptors (Lipinski definition) is 5. The molecular weight excluding hydrogens is 359 g/mol. The number of carbonyl (C=O) groups is 1. The lowest BCUT2D eigenvalue weighted by Gasteiger charge is -2.16. The Kier molecular flexibility index (Phi) is 4.77. The van der Waals surface area contributed by atoms with Gasteiger partial charge in [0.05, 0.1) is 11.1 Å². The number of benzene rings is 1. The summed E-state index contributed by atoms with van der Waals surface area (Å²) in [6, 6.07) is 9.89. The average Bonchev–Trinajstić information content (AvgIpc) is 3.40. The summed E-state index contributed by atoms with van der Waals surface area (Å²) in [5, 5.41) is 10.5. The van der Waals surface area contributed by atoms with Gasteiger partial charge in [-0.15, -0.1) is 0 Å². The first kappa shape index (κ1) is 18.1. The van der Waals surface area contributed by atoms with Crippen LogP contribution in [-0.4, -0.2) is 38.7 Å². The van der Waals surface area contributed by atoms with Gasteiger partial charge < -0.3 is 10.6 Å². The second kappa shape index (κ2) is 7.38. The number of nitrogens with one attached hydrogen (secondary N) is 2. The third-order valence-corrected chi connectivity index (χ3v) is 4.91. The van der Waals surface area contributed by atoms with E-state index < -0.39 is 5.41 Å². The molecule has 0 atom stereocenters. The van der Waals surface area contributed by atoms with Gasteiger partial charge in [-0.1, -0.05) is 12.1 Å². The van der Waals surface area contributed by atoms with Crippen molar-refractivity contribution >= 4 is 11.7 Å². The molecular formula is C20H21FN6O. The third-order valence-electron chi connectivity index (χ3n) is 4.91. The van der Waals surface area contributed by atoms with Crippen LogP contribution in [0.2, 0.25) is 0 Å². The van der Waals surface area contributed by atoms with Crippen molar-refractivity contribution in [1.82, 2.24) is 25.1 Å². The summed E-state index contributed by atoms with van der Waals surface area (Å²) in [7, 11) is 0. The summed E-state index contributed by atoms with van der Waals surface area (Å²) in [4.78, 5) is 21.0. The molecule has 2 N–H and O–H groups in total. The van der Waals surface area contributed by atoms with Crippen LogP contribution in [0.5, 0.6) is 0 Å². The lowest BCUT2D eigenvalue weighted by Crippen LogP contribution is -2.37. The highest BCUT2D eigenvalue weighted by atomic mass is 19.1. The van der Waals surface area contributed by atoms with Gasteiger partial charge in [0.2, 0.25) is 5.91 Å². The van der Waals surface area contributed by atoms with Gasteiger partial charge in [0.25, 0.3) is 0 Å². The van der Waals surface area contributed by atoms with Crippen molar-refractivity contribution in [2.24, 2.45) is 0 Å². The van der Waals surface area contributed by atoms with E-state index in [0.717, 1.165) is 24.1 Å². The number of amides is 1. The van der Waals surface area contributed by atoms with Gasteiger partial charge in [-0.3, -0.25) is 4.79 Å². The van der Waals surface area contributed by atoms with Crippen molar-refractivity contribution in [3.05, 3.63) is 66.0 Å². The normalized spacial score (nSPS) is 14.5. The SMILES string of the molecule is Cc1ccn(-c2cc(NCCNC(=O)C3(c4ccc(F)cc4)CC3)ncn2)n1. The molecule has 7 nitrogen and oxygen atoms in total. The Labute approximate surface area is 162 Å².